The molecule has 1 N–H and O–H groups in total. The van der Waals surface area contributed by atoms with Crippen LogP contribution in [0.25, 0.3) is 0 Å². The van der Waals surface area contributed by atoms with E-state index in [1.807, 2.05) is 56.3 Å². The zero-order chi connectivity index (χ0) is 18.7. The number of hydrogen-bond donors (Lipinski definition) is 1. The fourth-order valence-corrected chi connectivity index (χ4v) is 5.03. The second-order valence-electron chi connectivity index (χ2n) is 6.90. The average Bonchev–Trinajstić information content (AvgIpc) is 2.65. The Morgan fingerprint density at radius 2 is 1.65 bits per heavy atom. The maximum atomic E-state index is 13.0. The van der Waals surface area contributed by atoms with E-state index in [9.17, 15) is 13.5 Å². The van der Waals surface area contributed by atoms with Gasteiger partial charge in [0.2, 0.25) is 10.0 Å². The molecule has 0 aliphatic carbocycles. The van der Waals surface area contributed by atoms with Gasteiger partial charge < -0.3 is 5.11 Å². The summed E-state index contributed by atoms with van der Waals surface area (Å²) in [7, 11) is -3.48. The first-order valence-corrected chi connectivity index (χ1v) is 10.3. The Bertz CT molecular complexity index is 845. The first-order valence-electron chi connectivity index (χ1n) is 8.91. The largest absolute Gasteiger partial charge is 0.387 e. The van der Waals surface area contributed by atoms with Gasteiger partial charge >= 0.3 is 0 Å². The summed E-state index contributed by atoms with van der Waals surface area (Å²) in [5.41, 5.74) is 2.61. The molecule has 0 saturated carbocycles. The van der Waals surface area contributed by atoms with Gasteiger partial charge in [-0.05, 0) is 36.6 Å². The Labute approximate surface area is 155 Å². The van der Waals surface area contributed by atoms with E-state index in [-0.39, 0.29) is 0 Å². The van der Waals surface area contributed by atoms with Crippen LogP contribution in [0.4, 0.5) is 0 Å². The van der Waals surface area contributed by atoms with E-state index in [4.69, 9.17) is 0 Å². The molecule has 3 rings (SSSR count). The zero-order valence-corrected chi connectivity index (χ0v) is 16.1. The molecular weight excluding hydrogens is 348 g/mol. The van der Waals surface area contributed by atoms with Crippen LogP contribution in [0.15, 0.2) is 53.4 Å². The summed E-state index contributed by atoms with van der Waals surface area (Å²) in [5, 5.41) is 10.4. The second kappa shape index (κ2) is 7.88. The third-order valence-electron chi connectivity index (χ3n) is 4.91. The van der Waals surface area contributed by atoms with E-state index >= 15 is 0 Å². The normalized spacial score (nSPS) is 18.0. The van der Waals surface area contributed by atoms with Crippen molar-refractivity contribution in [1.29, 1.82) is 0 Å². The summed E-state index contributed by atoms with van der Waals surface area (Å²) in [6.45, 7) is 6.37. The van der Waals surface area contributed by atoms with Gasteiger partial charge in [-0.1, -0.05) is 42.5 Å². The van der Waals surface area contributed by atoms with Crippen molar-refractivity contribution in [2.75, 3.05) is 32.7 Å². The third kappa shape index (κ3) is 4.15. The van der Waals surface area contributed by atoms with E-state index in [2.05, 4.69) is 4.90 Å². The van der Waals surface area contributed by atoms with Crippen molar-refractivity contribution in [3.8, 4) is 0 Å². The van der Waals surface area contributed by atoms with Crippen LogP contribution >= 0.6 is 0 Å². The van der Waals surface area contributed by atoms with Crippen LogP contribution in [-0.4, -0.2) is 55.5 Å². The molecule has 5 nitrogen and oxygen atoms in total. The molecule has 1 atom stereocenters. The van der Waals surface area contributed by atoms with Crippen molar-refractivity contribution in [3.63, 3.8) is 0 Å². The lowest BCUT2D eigenvalue weighted by Gasteiger charge is -2.35. The van der Waals surface area contributed by atoms with Crippen molar-refractivity contribution >= 4 is 10.0 Å². The molecule has 2 aromatic carbocycles. The SMILES string of the molecule is Cc1ccc(C)c(S(=O)(=O)N2CCN(C[C@H](O)c3ccccc3)CC2)c1. The van der Waals surface area contributed by atoms with Crippen molar-refractivity contribution in [1.82, 2.24) is 9.21 Å². The Morgan fingerprint density at radius 1 is 1.00 bits per heavy atom. The van der Waals surface area contributed by atoms with Gasteiger partial charge in [0.15, 0.2) is 0 Å². The van der Waals surface area contributed by atoms with Gasteiger partial charge in [-0.2, -0.15) is 4.31 Å². The van der Waals surface area contributed by atoms with Gasteiger partial charge in [-0.15, -0.1) is 0 Å². The Morgan fingerprint density at radius 3 is 2.31 bits per heavy atom. The Kier molecular flexibility index (Phi) is 5.77. The van der Waals surface area contributed by atoms with Crippen LogP contribution in [0.2, 0.25) is 0 Å². The maximum Gasteiger partial charge on any atom is 0.243 e. The van der Waals surface area contributed by atoms with Gasteiger partial charge in [0.1, 0.15) is 0 Å². The van der Waals surface area contributed by atoms with E-state index in [1.165, 1.54) is 0 Å². The van der Waals surface area contributed by atoms with Crippen LogP contribution < -0.4 is 0 Å². The molecule has 1 fully saturated rings. The first kappa shape index (κ1) is 19.0. The minimum atomic E-state index is -3.48. The average molecular weight is 375 g/mol. The van der Waals surface area contributed by atoms with Crippen LogP contribution in [0.5, 0.6) is 0 Å². The van der Waals surface area contributed by atoms with Crippen LogP contribution in [0, 0.1) is 13.8 Å². The van der Waals surface area contributed by atoms with E-state index < -0.39 is 16.1 Å². The van der Waals surface area contributed by atoms with Crippen molar-refractivity contribution in [2.45, 2.75) is 24.8 Å². The number of sulfonamides is 1. The molecule has 0 aromatic heterocycles. The molecule has 1 saturated heterocycles. The summed E-state index contributed by atoms with van der Waals surface area (Å²) < 4.78 is 27.5. The Hall–Kier alpha value is -1.73. The molecule has 140 valence electrons. The summed E-state index contributed by atoms with van der Waals surface area (Å²) in [6.07, 6.45) is -0.557. The van der Waals surface area contributed by atoms with Crippen LogP contribution in [0.3, 0.4) is 0 Å². The smallest absolute Gasteiger partial charge is 0.243 e. The summed E-state index contributed by atoms with van der Waals surface area (Å²) in [5.74, 6) is 0. The van der Waals surface area contributed by atoms with E-state index in [1.54, 1.807) is 10.4 Å². The highest BCUT2D eigenvalue weighted by atomic mass is 32.2. The molecule has 2 aromatic rings. The summed E-state index contributed by atoms with van der Waals surface area (Å²) in [4.78, 5) is 2.52. The predicted molar refractivity (Wildman–Crippen MR) is 103 cm³/mol. The molecule has 1 aliphatic heterocycles. The molecule has 0 radical (unpaired) electrons. The molecule has 1 heterocycles. The number of rotatable bonds is 5. The number of aliphatic hydroxyl groups excluding tert-OH is 1. The number of piperazine rings is 1. The molecule has 6 heteroatoms. The van der Waals surface area contributed by atoms with Gasteiger partial charge in [0, 0.05) is 32.7 Å². The monoisotopic (exact) mass is 374 g/mol. The zero-order valence-electron chi connectivity index (χ0n) is 15.3. The molecule has 26 heavy (non-hydrogen) atoms. The number of β-amino-alcohol motifs (C(OH)–C–C–N with tert-alkyl or cyclic N) is 1. The van der Waals surface area contributed by atoms with E-state index in [0.717, 1.165) is 16.7 Å². The lowest BCUT2D eigenvalue weighted by Crippen LogP contribution is -2.49. The fourth-order valence-electron chi connectivity index (χ4n) is 3.30. The second-order valence-corrected chi connectivity index (χ2v) is 8.81. The van der Waals surface area contributed by atoms with Crippen LogP contribution in [-0.2, 0) is 10.0 Å². The summed E-state index contributed by atoms with van der Waals surface area (Å²) in [6, 6.07) is 15.1. The first-order chi connectivity index (χ1) is 12.4. The van der Waals surface area contributed by atoms with Crippen molar-refractivity contribution in [3.05, 3.63) is 65.2 Å². The molecule has 0 spiro atoms. The minimum Gasteiger partial charge on any atom is -0.387 e. The van der Waals surface area contributed by atoms with Crippen molar-refractivity contribution in [2.24, 2.45) is 0 Å². The van der Waals surface area contributed by atoms with Gasteiger partial charge in [0.25, 0.3) is 0 Å². The number of aliphatic hydroxyl groups is 1. The molecule has 1 aliphatic rings. The van der Waals surface area contributed by atoms with Crippen LogP contribution in [0.1, 0.15) is 22.8 Å². The fraction of sp³-hybridized carbons (Fsp3) is 0.400. The molecule has 0 amide bonds. The minimum absolute atomic E-state index is 0.398. The van der Waals surface area contributed by atoms with Gasteiger partial charge in [-0.25, -0.2) is 8.42 Å². The lowest BCUT2D eigenvalue weighted by molar-refractivity contribution is 0.0921. The van der Waals surface area contributed by atoms with Crippen molar-refractivity contribution < 1.29 is 13.5 Å². The number of benzene rings is 2. The van der Waals surface area contributed by atoms with Gasteiger partial charge in [-0.3, -0.25) is 4.90 Å². The molecule has 0 bridgehead atoms. The topological polar surface area (TPSA) is 60.9 Å². The number of hydrogen-bond acceptors (Lipinski definition) is 4. The third-order valence-corrected chi connectivity index (χ3v) is 6.95. The highest BCUT2D eigenvalue weighted by molar-refractivity contribution is 7.89. The highest BCUT2D eigenvalue weighted by Gasteiger charge is 2.30. The Balaban J connectivity index is 1.64. The standard InChI is InChI=1S/C20H26N2O3S/c1-16-8-9-17(2)20(14-16)26(24,25)22-12-10-21(11-13-22)15-19(23)18-6-4-3-5-7-18/h3-9,14,19,23H,10-13,15H2,1-2H3/t19-/m0/s1. The predicted octanol–water partition coefficient (Wildman–Crippen LogP) is 2.34. The maximum absolute atomic E-state index is 13.0. The quantitative estimate of drug-likeness (QED) is 0.873. The molecule has 0 unspecified atom stereocenters. The molecular formula is C20H26N2O3S. The van der Waals surface area contributed by atoms with E-state index in [0.29, 0.717) is 37.6 Å². The highest BCUT2D eigenvalue weighted by Crippen LogP contribution is 2.23. The number of nitrogens with zero attached hydrogens (tertiary/aromatic N) is 2. The summed E-state index contributed by atoms with van der Waals surface area (Å²) >= 11 is 0. The number of aryl methyl sites for hydroxylation is 2. The lowest BCUT2D eigenvalue weighted by atomic mass is 10.1. The van der Waals surface area contributed by atoms with Gasteiger partial charge in [0.05, 0.1) is 11.0 Å².